The maximum atomic E-state index is 6.25. The van der Waals surface area contributed by atoms with Gasteiger partial charge in [-0.15, -0.1) is 0 Å². The fourth-order valence-corrected chi connectivity index (χ4v) is 3.89. The van der Waals surface area contributed by atoms with Crippen LogP contribution in [0.5, 0.6) is 0 Å². The third kappa shape index (κ3) is 8.68. The highest BCUT2D eigenvalue weighted by atomic mass is 16.7. The average molecular weight is 361 g/mol. The average Bonchev–Trinajstić information content (AvgIpc) is 2.90. The van der Waals surface area contributed by atoms with Crippen LogP contribution in [0.2, 0.25) is 0 Å². The molecule has 1 fully saturated rings. The van der Waals surface area contributed by atoms with Gasteiger partial charge < -0.3 is 9.47 Å². The molecule has 148 valence electrons. The van der Waals surface area contributed by atoms with Crippen molar-refractivity contribution in [2.24, 2.45) is 0 Å². The Balaban J connectivity index is 1.67. The molecule has 0 bridgehead atoms. The van der Waals surface area contributed by atoms with Crippen molar-refractivity contribution in [2.45, 2.75) is 103 Å². The molecule has 0 unspecified atom stereocenters. The molecule has 0 radical (unpaired) electrons. The predicted octanol–water partition coefficient (Wildman–Crippen LogP) is 7.06. The van der Waals surface area contributed by atoms with Gasteiger partial charge in [-0.25, -0.2) is 0 Å². The lowest BCUT2D eigenvalue weighted by Crippen LogP contribution is -2.38. The zero-order valence-corrected chi connectivity index (χ0v) is 17.0. The van der Waals surface area contributed by atoms with E-state index in [0.717, 1.165) is 38.9 Å². The van der Waals surface area contributed by atoms with Crippen LogP contribution in [-0.4, -0.2) is 19.0 Å². The molecule has 2 nitrogen and oxygen atoms in total. The fourth-order valence-electron chi connectivity index (χ4n) is 3.89. The molecule has 2 rings (SSSR count). The third-order valence-electron chi connectivity index (χ3n) is 5.50. The summed E-state index contributed by atoms with van der Waals surface area (Å²) < 4.78 is 12.5. The first-order valence-corrected chi connectivity index (χ1v) is 11.2. The zero-order chi connectivity index (χ0) is 18.3. The molecule has 1 heterocycles. The molecule has 1 aromatic rings. The lowest BCUT2D eigenvalue weighted by molar-refractivity contribution is -0.229. The topological polar surface area (TPSA) is 18.5 Å². The minimum atomic E-state index is -0.391. The van der Waals surface area contributed by atoms with Gasteiger partial charge in [-0.1, -0.05) is 95.0 Å². The molecule has 0 aromatic heterocycles. The van der Waals surface area contributed by atoms with Gasteiger partial charge in [0.1, 0.15) is 0 Å². The Bertz CT molecular complexity index is 435. The van der Waals surface area contributed by atoms with Gasteiger partial charge in [0.05, 0.1) is 13.2 Å². The van der Waals surface area contributed by atoms with E-state index in [1.54, 1.807) is 0 Å². The first-order chi connectivity index (χ1) is 12.8. The van der Waals surface area contributed by atoms with Gasteiger partial charge in [0.15, 0.2) is 5.79 Å². The lowest BCUT2D eigenvalue weighted by Gasteiger charge is -2.32. The summed E-state index contributed by atoms with van der Waals surface area (Å²) in [5.74, 6) is -0.391. The highest BCUT2D eigenvalue weighted by molar-refractivity contribution is 5.16. The minimum Gasteiger partial charge on any atom is -0.350 e. The molecule has 0 N–H and O–H groups in total. The number of unbranched alkanes of at least 4 members (excludes halogenated alkanes) is 9. The summed E-state index contributed by atoms with van der Waals surface area (Å²) in [6, 6.07) is 10.7. The van der Waals surface area contributed by atoms with Gasteiger partial charge in [0, 0.05) is 12.8 Å². The lowest BCUT2D eigenvalue weighted by atomic mass is 9.98. The zero-order valence-electron chi connectivity index (χ0n) is 17.0. The summed E-state index contributed by atoms with van der Waals surface area (Å²) in [7, 11) is 0. The quantitative estimate of drug-likeness (QED) is 0.350. The van der Waals surface area contributed by atoms with Crippen LogP contribution in [0.15, 0.2) is 30.3 Å². The predicted molar refractivity (Wildman–Crippen MR) is 110 cm³/mol. The van der Waals surface area contributed by atoms with Gasteiger partial charge in [0.2, 0.25) is 0 Å². The number of hydrogen-bond acceptors (Lipinski definition) is 2. The molecular weight excluding hydrogens is 320 g/mol. The van der Waals surface area contributed by atoms with Gasteiger partial charge in [-0.2, -0.15) is 0 Å². The van der Waals surface area contributed by atoms with Crippen LogP contribution in [0.4, 0.5) is 0 Å². The van der Waals surface area contributed by atoms with Crippen molar-refractivity contribution in [1.29, 1.82) is 0 Å². The number of hydrogen-bond donors (Lipinski definition) is 0. The summed E-state index contributed by atoms with van der Waals surface area (Å²) in [5, 5.41) is 0. The first-order valence-electron chi connectivity index (χ1n) is 11.2. The van der Waals surface area contributed by atoms with Crippen LogP contribution in [0, 0.1) is 0 Å². The number of rotatable bonds is 13. The Morgan fingerprint density at radius 1 is 0.731 bits per heavy atom. The van der Waals surface area contributed by atoms with E-state index in [2.05, 4.69) is 37.3 Å². The van der Waals surface area contributed by atoms with E-state index in [-0.39, 0.29) is 0 Å². The van der Waals surface area contributed by atoms with E-state index in [0.29, 0.717) is 0 Å². The summed E-state index contributed by atoms with van der Waals surface area (Å²) >= 11 is 0. The van der Waals surface area contributed by atoms with E-state index >= 15 is 0 Å². The highest BCUT2D eigenvalue weighted by Crippen LogP contribution is 2.29. The second kappa shape index (κ2) is 13.3. The molecule has 0 amide bonds. The van der Waals surface area contributed by atoms with Gasteiger partial charge in [-0.3, -0.25) is 0 Å². The van der Waals surface area contributed by atoms with E-state index in [4.69, 9.17) is 9.47 Å². The molecule has 1 aliphatic heterocycles. The van der Waals surface area contributed by atoms with E-state index in [1.165, 1.54) is 69.8 Å². The molecule has 0 spiro atoms. The van der Waals surface area contributed by atoms with E-state index in [1.807, 2.05) is 0 Å². The first kappa shape index (κ1) is 21.4. The Morgan fingerprint density at radius 2 is 1.27 bits per heavy atom. The molecule has 1 aliphatic rings. The summed E-state index contributed by atoms with van der Waals surface area (Å²) in [6.45, 7) is 3.96. The minimum absolute atomic E-state index is 0.391. The summed E-state index contributed by atoms with van der Waals surface area (Å²) in [6.07, 6.45) is 17.8. The largest absolute Gasteiger partial charge is 0.350 e. The molecule has 0 atom stereocenters. The van der Waals surface area contributed by atoms with Crippen LogP contribution >= 0.6 is 0 Å². The SMILES string of the molecule is CCCCCCCCCCCCC1(Cc2ccccc2)OCCCCO1. The second-order valence-corrected chi connectivity index (χ2v) is 7.91. The van der Waals surface area contributed by atoms with Crippen LogP contribution in [0.3, 0.4) is 0 Å². The molecule has 1 aromatic carbocycles. The molecule has 0 saturated carbocycles. The fraction of sp³-hybridized carbons (Fsp3) is 0.750. The van der Waals surface area contributed by atoms with Crippen molar-refractivity contribution in [2.75, 3.05) is 13.2 Å². The number of benzene rings is 1. The monoisotopic (exact) mass is 360 g/mol. The summed E-state index contributed by atoms with van der Waals surface area (Å²) in [4.78, 5) is 0. The van der Waals surface area contributed by atoms with E-state index < -0.39 is 5.79 Å². The van der Waals surface area contributed by atoms with Gasteiger partial charge in [0.25, 0.3) is 0 Å². The van der Waals surface area contributed by atoms with Crippen LogP contribution in [0.1, 0.15) is 96.0 Å². The Kier molecular flexibility index (Phi) is 11.0. The van der Waals surface area contributed by atoms with Gasteiger partial charge in [-0.05, 0) is 24.8 Å². The van der Waals surface area contributed by atoms with Crippen LogP contribution in [0.25, 0.3) is 0 Å². The van der Waals surface area contributed by atoms with Crippen LogP contribution < -0.4 is 0 Å². The molecule has 26 heavy (non-hydrogen) atoms. The smallest absolute Gasteiger partial charge is 0.172 e. The van der Waals surface area contributed by atoms with Crippen molar-refractivity contribution in [3.05, 3.63) is 35.9 Å². The normalized spacial score (nSPS) is 17.1. The van der Waals surface area contributed by atoms with Crippen molar-refractivity contribution in [3.8, 4) is 0 Å². The Hall–Kier alpha value is -0.860. The third-order valence-corrected chi connectivity index (χ3v) is 5.50. The standard InChI is InChI=1S/C24H40O2/c1-2-3-4-5-6-7-8-9-10-14-19-24(25-20-15-16-21-26-24)22-23-17-12-11-13-18-23/h11-13,17-18H,2-10,14-16,19-22H2,1H3. The van der Waals surface area contributed by atoms with Crippen LogP contribution in [-0.2, 0) is 15.9 Å². The molecular formula is C24H40O2. The van der Waals surface area contributed by atoms with Crippen molar-refractivity contribution < 1.29 is 9.47 Å². The maximum Gasteiger partial charge on any atom is 0.172 e. The van der Waals surface area contributed by atoms with E-state index in [9.17, 15) is 0 Å². The van der Waals surface area contributed by atoms with Crippen molar-refractivity contribution in [1.82, 2.24) is 0 Å². The highest BCUT2D eigenvalue weighted by Gasteiger charge is 2.33. The molecule has 2 heteroatoms. The molecule has 1 saturated heterocycles. The van der Waals surface area contributed by atoms with Crippen molar-refractivity contribution in [3.63, 3.8) is 0 Å². The maximum absolute atomic E-state index is 6.25. The Labute approximate surface area is 161 Å². The molecule has 0 aliphatic carbocycles. The second-order valence-electron chi connectivity index (χ2n) is 7.91. The number of ether oxygens (including phenoxy) is 2. The Morgan fingerprint density at radius 3 is 1.85 bits per heavy atom. The summed E-state index contributed by atoms with van der Waals surface area (Å²) in [5.41, 5.74) is 1.32. The van der Waals surface area contributed by atoms with Gasteiger partial charge >= 0.3 is 0 Å². The van der Waals surface area contributed by atoms with Crippen molar-refractivity contribution >= 4 is 0 Å².